The van der Waals surface area contributed by atoms with Gasteiger partial charge in [0.25, 0.3) is 0 Å². The fourth-order valence-corrected chi connectivity index (χ4v) is 0.959. The summed E-state index contributed by atoms with van der Waals surface area (Å²) in [6, 6.07) is 8.62. The Bertz CT molecular complexity index is 188. The molecular formula is C9H14N+. The van der Waals surface area contributed by atoms with Gasteiger partial charge in [0.2, 0.25) is 0 Å². The van der Waals surface area contributed by atoms with Gasteiger partial charge in [-0.2, -0.15) is 0 Å². The maximum Gasteiger partial charge on any atom is 0.0780 e. The van der Waals surface area contributed by atoms with E-state index >= 15 is 0 Å². The molecule has 1 aromatic carbocycles. The lowest BCUT2D eigenvalue weighted by atomic mass is 10.1. The SMILES string of the molecule is Cc1ccc(CC[NH3+])cc1. The van der Waals surface area contributed by atoms with Crippen molar-refractivity contribution in [3.8, 4) is 0 Å². The number of aryl methyl sites for hydroxylation is 1. The number of hydrogen-bond acceptors (Lipinski definition) is 0. The Balaban J connectivity index is 2.69. The second-order valence-electron chi connectivity index (χ2n) is 2.59. The van der Waals surface area contributed by atoms with Crippen LogP contribution < -0.4 is 5.73 Å². The summed E-state index contributed by atoms with van der Waals surface area (Å²) in [7, 11) is 0. The van der Waals surface area contributed by atoms with Crippen LogP contribution in [-0.2, 0) is 6.42 Å². The molecule has 0 unspecified atom stereocenters. The van der Waals surface area contributed by atoms with Crippen molar-refractivity contribution < 1.29 is 5.73 Å². The summed E-state index contributed by atoms with van der Waals surface area (Å²) >= 11 is 0. The van der Waals surface area contributed by atoms with Crippen LogP contribution in [0.1, 0.15) is 11.1 Å². The van der Waals surface area contributed by atoms with E-state index in [-0.39, 0.29) is 0 Å². The summed E-state index contributed by atoms with van der Waals surface area (Å²) < 4.78 is 0. The monoisotopic (exact) mass is 136 g/mol. The third-order valence-corrected chi connectivity index (χ3v) is 1.59. The van der Waals surface area contributed by atoms with Crippen molar-refractivity contribution in [3.63, 3.8) is 0 Å². The molecule has 0 spiro atoms. The summed E-state index contributed by atoms with van der Waals surface area (Å²) in [5, 5.41) is 0. The minimum absolute atomic E-state index is 0.989. The fraction of sp³-hybridized carbons (Fsp3) is 0.333. The van der Waals surface area contributed by atoms with Crippen LogP contribution in [0.3, 0.4) is 0 Å². The first kappa shape index (κ1) is 7.29. The Morgan fingerprint density at radius 3 is 2.30 bits per heavy atom. The first-order valence-corrected chi connectivity index (χ1v) is 3.67. The molecule has 0 heterocycles. The lowest BCUT2D eigenvalue weighted by Gasteiger charge is -1.96. The zero-order valence-electron chi connectivity index (χ0n) is 6.43. The van der Waals surface area contributed by atoms with E-state index in [2.05, 4.69) is 36.9 Å². The number of benzene rings is 1. The van der Waals surface area contributed by atoms with Crippen LogP contribution >= 0.6 is 0 Å². The van der Waals surface area contributed by atoms with Gasteiger partial charge in [0.1, 0.15) is 0 Å². The van der Waals surface area contributed by atoms with E-state index in [4.69, 9.17) is 0 Å². The Labute approximate surface area is 61.9 Å². The lowest BCUT2D eigenvalue weighted by Crippen LogP contribution is -2.51. The number of rotatable bonds is 2. The molecule has 54 valence electrons. The molecule has 0 aliphatic rings. The Morgan fingerprint density at radius 2 is 1.80 bits per heavy atom. The topological polar surface area (TPSA) is 27.6 Å². The van der Waals surface area contributed by atoms with Gasteiger partial charge in [-0.25, -0.2) is 0 Å². The molecule has 0 atom stereocenters. The summed E-state index contributed by atoms with van der Waals surface area (Å²) in [5.74, 6) is 0. The Kier molecular flexibility index (Phi) is 2.46. The minimum Gasteiger partial charge on any atom is -0.357 e. The van der Waals surface area contributed by atoms with Gasteiger partial charge in [-0.3, -0.25) is 0 Å². The normalized spacial score (nSPS) is 9.80. The maximum atomic E-state index is 3.80. The van der Waals surface area contributed by atoms with Gasteiger partial charge in [0, 0.05) is 6.42 Å². The molecule has 0 aliphatic carbocycles. The average Bonchev–Trinajstić information content (AvgIpc) is 1.95. The molecule has 3 N–H and O–H groups in total. The molecule has 0 aromatic heterocycles. The predicted octanol–water partition coefficient (Wildman–Crippen LogP) is 0.779. The molecule has 0 amide bonds. The third kappa shape index (κ3) is 1.85. The fourth-order valence-electron chi connectivity index (χ4n) is 0.959. The second kappa shape index (κ2) is 3.37. The summed E-state index contributed by atoms with van der Waals surface area (Å²) in [6.07, 6.45) is 1.10. The van der Waals surface area contributed by atoms with E-state index in [1.54, 1.807) is 0 Å². The molecule has 0 bridgehead atoms. The summed E-state index contributed by atoms with van der Waals surface area (Å²) in [6.45, 7) is 3.09. The number of hydrogen-bond donors (Lipinski definition) is 1. The molecule has 0 radical (unpaired) electrons. The van der Waals surface area contributed by atoms with Crippen LogP contribution in [0.5, 0.6) is 0 Å². The van der Waals surface area contributed by atoms with Crippen LogP contribution in [0.2, 0.25) is 0 Å². The summed E-state index contributed by atoms with van der Waals surface area (Å²) in [4.78, 5) is 0. The standard InChI is InChI=1S/C9H13N/c1-8-2-4-9(5-3-8)6-7-10/h2-5H,6-7,10H2,1H3/p+1. The van der Waals surface area contributed by atoms with Crippen molar-refractivity contribution in [3.05, 3.63) is 35.4 Å². The van der Waals surface area contributed by atoms with Crippen LogP contribution in [0, 0.1) is 6.92 Å². The van der Waals surface area contributed by atoms with Gasteiger partial charge in [0.05, 0.1) is 6.54 Å². The molecule has 0 aliphatic heterocycles. The highest BCUT2D eigenvalue weighted by atomic mass is 14.5. The Morgan fingerprint density at radius 1 is 1.20 bits per heavy atom. The minimum atomic E-state index is 0.989. The third-order valence-electron chi connectivity index (χ3n) is 1.59. The van der Waals surface area contributed by atoms with Crippen LogP contribution in [0.25, 0.3) is 0 Å². The van der Waals surface area contributed by atoms with Crippen molar-refractivity contribution in [1.82, 2.24) is 0 Å². The first-order valence-electron chi connectivity index (χ1n) is 3.67. The molecule has 0 saturated carbocycles. The largest absolute Gasteiger partial charge is 0.357 e. The van der Waals surface area contributed by atoms with E-state index in [0.29, 0.717) is 0 Å². The van der Waals surface area contributed by atoms with Gasteiger partial charge in [-0.15, -0.1) is 0 Å². The van der Waals surface area contributed by atoms with Crippen LogP contribution in [0.4, 0.5) is 0 Å². The highest BCUT2D eigenvalue weighted by Gasteiger charge is 1.89. The van der Waals surface area contributed by atoms with Crippen molar-refractivity contribution >= 4 is 0 Å². The highest BCUT2D eigenvalue weighted by molar-refractivity contribution is 5.21. The summed E-state index contributed by atoms with van der Waals surface area (Å²) in [5.41, 5.74) is 6.52. The first-order chi connectivity index (χ1) is 4.83. The van der Waals surface area contributed by atoms with Crippen molar-refractivity contribution in [1.29, 1.82) is 0 Å². The van der Waals surface area contributed by atoms with Gasteiger partial charge in [-0.1, -0.05) is 29.8 Å². The van der Waals surface area contributed by atoms with E-state index in [1.165, 1.54) is 11.1 Å². The molecule has 1 heteroatoms. The zero-order chi connectivity index (χ0) is 7.40. The Hall–Kier alpha value is -0.820. The van der Waals surface area contributed by atoms with Gasteiger partial charge in [0.15, 0.2) is 0 Å². The van der Waals surface area contributed by atoms with Crippen molar-refractivity contribution in [2.45, 2.75) is 13.3 Å². The van der Waals surface area contributed by atoms with Crippen molar-refractivity contribution in [2.75, 3.05) is 6.54 Å². The molecule has 1 nitrogen and oxygen atoms in total. The smallest absolute Gasteiger partial charge is 0.0780 e. The molecule has 0 saturated heterocycles. The molecular weight excluding hydrogens is 122 g/mol. The van der Waals surface area contributed by atoms with E-state index in [1.807, 2.05) is 0 Å². The molecule has 1 aromatic rings. The van der Waals surface area contributed by atoms with E-state index in [0.717, 1.165) is 13.0 Å². The van der Waals surface area contributed by atoms with Crippen LogP contribution in [0.15, 0.2) is 24.3 Å². The van der Waals surface area contributed by atoms with E-state index < -0.39 is 0 Å². The van der Waals surface area contributed by atoms with Gasteiger partial charge < -0.3 is 5.73 Å². The quantitative estimate of drug-likeness (QED) is 0.622. The van der Waals surface area contributed by atoms with Gasteiger partial charge >= 0.3 is 0 Å². The van der Waals surface area contributed by atoms with Crippen LogP contribution in [-0.4, -0.2) is 6.54 Å². The lowest BCUT2D eigenvalue weighted by molar-refractivity contribution is -0.366. The molecule has 0 fully saturated rings. The zero-order valence-corrected chi connectivity index (χ0v) is 6.43. The average molecular weight is 136 g/mol. The van der Waals surface area contributed by atoms with Gasteiger partial charge in [-0.05, 0) is 12.5 Å². The highest BCUT2D eigenvalue weighted by Crippen LogP contribution is 2.02. The molecule has 10 heavy (non-hydrogen) atoms. The number of quaternary nitrogens is 1. The maximum absolute atomic E-state index is 3.80. The second-order valence-corrected chi connectivity index (χ2v) is 2.59. The van der Waals surface area contributed by atoms with Crippen molar-refractivity contribution in [2.24, 2.45) is 0 Å². The molecule has 1 rings (SSSR count). The van der Waals surface area contributed by atoms with E-state index in [9.17, 15) is 0 Å². The predicted molar refractivity (Wildman–Crippen MR) is 42.6 cm³/mol.